The van der Waals surface area contributed by atoms with Crippen molar-refractivity contribution < 1.29 is 4.39 Å². The smallest absolute Gasteiger partial charge is 0.105 e. The van der Waals surface area contributed by atoms with E-state index in [-0.39, 0.29) is 29.7 Å². The number of halogens is 2. The Morgan fingerprint density at radius 2 is 2.22 bits per heavy atom. The van der Waals surface area contributed by atoms with E-state index in [1.807, 2.05) is 0 Å². The van der Waals surface area contributed by atoms with Gasteiger partial charge in [0.25, 0.3) is 0 Å². The number of piperidine rings is 1. The van der Waals surface area contributed by atoms with Gasteiger partial charge in [-0.2, -0.15) is 0 Å². The first kappa shape index (κ1) is 9.37. The van der Waals surface area contributed by atoms with Gasteiger partial charge < -0.3 is 5.32 Å². The van der Waals surface area contributed by atoms with Crippen LogP contribution in [0, 0.1) is 0 Å². The summed E-state index contributed by atoms with van der Waals surface area (Å²) in [6, 6.07) is 0.170. The average Bonchev–Trinajstić information content (AvgIpc) is 1.90. The first-order valence-corrected chi connectivity index (χ1v) is 3.23. The van der Waals surface area contributed by atoms with E-state index in [1.54, 1.807) is 0 Å². The third-order valence-corrected chi connectivity index (χ3v) is 1.60. The van der Waals surface area contributed by atoms with E-state index in [9.17, 15) is 4.39 Å². The van der Waals surface area contributed by atoms with E-state index < -0.39 is 0 Å². The summed E-state index contributed by atoms with van der Waals surface area (Å²) in [6.45, 7) is 0.814. The zero-order valence-electron chi connectivity index (χ0n) is 5.40. The third kappa shape index (κ3) is 3.16. The molecule has 9 heavy (non-hydrogen) atoms. The molecular weight excluding hydrogens is 185 g/mol. The second kappa shape index (κ2) is 5.18. The Balaban J connectivity index is 0.000000640. The Hall–Kier alpha value is 0.370. The van der Waals surface area contributed by atoms with Crippen molar-refractivity contribution in [3.8, 4) is 0 Å². The van der Waals surface area contributed by atoms with Gasteiger partial charge in [-0.25, -0.2) is 4.39 Å². The number of alkyl halides is 1. The van der Waals surface area contributed by atoms with Gasteiger partial charge in [-0.15, -0.1) is 17.0 Å². The van der Waals surface area contributed by atoms with Crippen molar-refractivity contribution in [2.45, 2.75) is 25.3 Å². The van der Waals surface area contributed by atoms with Crippen molar-refractivity contribution in [1.82, 2.24) is 5.32 Å². The van der Waals surface area contributed by atoms with Gasteiger partial charge in [0.1, 0.15) is 6.67 Å². The zero-order valence-corrected chi connectivity index (χ0v) is 7.11. The van der Waals surface area contributed by atoms with Crippen LogP contribution in [-0.2, 0) is 0 Å². The molecular formula is C6H13BrFN. The highest BCUT2D eigenvalue weighted by Crippen LogP contribution is 2.06. The Bertz CT molecular complexity index is 64.1. The SMILES string of the molecule is Br.FCC1CCCCN1. The molecule has 1 nitrogen and oxygen atoms in total. The highest BCUT2D eigenvalue weighted by molar-refractivity contribution is 8.93. The van der Waals surface area contributed by atoms with Crippen LogP contribution in [0.2, 0.25) is 0 Å². The second-order valence-corrected chi connectivity index (χ2v) is 2.30. The van der Waals surface area contributed by atoms with Crippen molar-refractivity contribution in [2.24, 2.45) is 0 Å². The van der Waals surface area contributed by atoms with Crippen LogP contribution >= 0.6 is 17.0 Å². The number of rotatable bonds is 1. The standard InChI is InChI=1S/C6H12FN.BrH/c7-5-6-3-1-2-4-8-6;/h6,8H,1-5H2;1H. The topological polar surface area (TPSA) is 12.0 Å². The summed E-state index contributed by atoms with van der Waals surface area (Å²) < 4.78 is 11.8. The van der Waals surface area contributed by atoms with Crippen LogP contribution in [0.1, 0.15) is 19.3 Å². The fourth-order valence-corrected chi connectivity index (χ4v) is 1.06. The molecule has 0 bridgehead atoms. The molecule has 1 aliphatic rings. The molecule has 56 valence electrons. The fraction of sp³-hybridized carbons (Fsp3) is 1.00. The highest BCUT2D eigenvalue weighted by Gasteiger charge is 2.10. The van der Waals surface area contributed by atoms with Crippen molar-refractivity contribution in [3.63, 3.8) is 0 Å². The van der Waals surface area contributed by atoms with Crippen LogP contribution in [0.15, 0.2) is 0 Å². The number of hydrogen-bond donors (Lipinski definition) is 1. The van der Waals surface area contributed by atoms with Gasteiger partial charge in [0.05, 0.1) is 0 Å². The first-order chi connectivity index (χ1) is 3.93. The molecule has 1 fully saturated rings. The van der Waals surface area contributed by atoms with Crippen molar-refractivity contribution in [1.29, 1.82) is 0 Å². The molecule has 0 amide bonds. The van der Waals surface area contributed by atoms with E-state index in [0.29, 0.717) is 0 Å². The lowest BCUT2D eigenvalue weighted by molar-refractivity contribution is 0.320. The van der Waals surface area contributed by atoms with Gasteiger partial charge in [-0.1, -0.05) is 6.42 Å². The molecule has 0 spiro atoms. The number of nitrogens with one attached hydrogen (secondary N) is 1. The first-order valence-electron chi connectivity index (χ1n) is 3.23. The summed E-state index contributed by atoms with van der Waals surface area (Å²) >= 11 is 0. The molecule has 1 saturated heterocycles. The molecule has 0 aromatic carbocycles. The molecule has 1 aliphatic heterocycles. The van der Waals surface area contributed by atoms with Gasteiger partial charge in [-0.3, -0.25) is 0 Å². The maximum absolute atomic E-state index is 11.8. The lowest BCUT2D eigenvalue weighted by atomic mass is 10.1. The summed E-state index contributed by atoms with van der Waals surface area (Å²) in [5.74, 6) is 0. The molecule has 1 atom stereocenters. The lowest BCUT2D eigenvalue weighted by Gasteiger charge is -2.19. The maximum Gasteiger partial charge on any atom is 0.105 e. The summed E-state index contributed by atoms with van der Waals surface area (Å²) in [5, 5.41) is 3.09. The molecule has 1 rings (SSSR count). The van der Waals surface area contributed by atoms with E-state index in [0.717, 1.165) is 13.0 Å². The summed E-state index contributed by atoms with van der Waals surface area (Å²) in [4.78, 5) is 0. The van der Waals surface area contributed by atoms with Crippen LogP contribution in [0.4, 0.5) is 4.39 Å². The predicted molar refractivity (Wildman–Crippen MR) is 41.9 cm³/mol. The van der Waals surface area contributed by atoms with Crippen molar-refractivity contribution in [2.75, 3.05) is 13.2 Å². The van der Waals surface area contributed by atoms with E-state index >= 15 is 0 Å². The van der Waals surface area contributed by atoms with Crippen LogP contribution < -0.4 is 5.32 Å². The molecule has 1 heterocycles. The van der Waals surface area contributed by atoms with Gasteiger partial charge in [0.2, 0.25) is 0 Å². The molecule has 0 aliphatic carbocycles. The quantitative estimate of drug-likeness (QED) is 0.675. The van der Waals surface area contributed by atoms with Gasteiger partial charge in [0, 0.05) is 6.04 Å². The minimum absolute atomic E-state index is 0. The summed E-state index contributed by atoms with van der Waals surface area (Å²) in [6.07, 6.45) is 3.44. The van der Waals surface area contributed by atoms with Crippen LogP contribution in [-0.4, -0.2) is 19.3 Å². The summed E-state index contributed by atoms with van der Waals surface area (Å²) in [5.41, 5.74) is 0. The lowest BCUT2D eigenvalue weighted by Crippen LogP contribution is -2.35. The van der Waals surface area contributed by atoms with Crippen LogP contribution in [0.5, 0.6) is 0 Å². The third-order valence-electron chi connectivity index (χ3n) is 1.60. The van der Waals surface area contributed by atoms with Crippen LogP contribution in [0.3, 0.4) is 0 Å². The Kier molecular flexibility index (Phi) is 5.39. The van der Waals surface area contributed by atoms with Crippen LogP contribution in [0.25, 0.3) is 0 Å². The summed E-state index contributed by atoms with van der Waals surface area (Å²) in [7, 11) is 0. The maximum atomic E-state index is 11.8. The van der Waals surface area contributed by atoms with Crippen molar-refractivity contribution in [3.05, 3.63) is 0 Å². The van der Waals surface area contributed by atoms with Gasteiger partial charge in [-0.05, 0) is 19.4 Å². The normalized spacial score (nSPS) is 27.0. The molecule has 0 radical (unpaired) electrons. The molecule has 3 heteroatoms. The molecule has 1 unspecified atom stereocenters. The molecule has 1 N–H and O–H groups in total. The monoisotopic (exact) mass is 197 g/mol. The fourth-order valence-electron chi connectivity index (χ4n) is 1.06. The van der Waals surface area contributed by atoms with E-state index in [1.165, 1.54) is 12.8 Å². The number of hydrogen-bond acceptors (Lipinski definition) is 1. The Morgan fingerprint density at radius 3 is 2.56 bits per heavy atom. The Labute approximate surface area is 65.8 Å². The predicted octanol–water partition coefficient (Wildman–Crippen LogP) is 1.68. The Morgan fingerprint density at radius 1 is 1.44 bits per heavy atom. The molecule has 0 saturated carbocycles. The zero-order chi connectivity index (χ0) is 5.82. The van der Waals surface area contributed by atoms with Gasteiger partial charge in [0.15, 0.2) is 0 Å². The van der Waals surface area contributed by atoms with E-state index in [4.69, 9.17) is 0 Å². The second-order valence-electron chi connectivity index (χ2n) is 2.30. The highest BCUT2D eigenvalue weighted by atomic mass is 79.9. The minimum Gasteiger partial charge on any atom is -0.311 e. The van der Waals surface area contributed by atoms with Crippen molar-refractivity contribution >= 4 is 17.0 Å². The van der Waals surface area contributed by atoms with Gasteiger partial charge >= 0.3 is 0 Å². The minimum atomic E-state index is -0.194. The largest absolute Gasteiger partial charge is 0.311 e. The average molecular weight is 198 g/mol. The van der Waals surface area contributed by atoms with E-state index in [2.05, 4.69) is 5.32 Å². The molecule has 0 aromatic rings. The molecule has 0 aromatic heterocycles.